The Morgan fingerprint density at radius 2 is 1.79 bits per heavy atom. The van der Waals surface area contributed by atoms with Crippen LogP contribution in [0.25, 0.3) is 10.1 Å². The molecule has 0 bridgehead atoms. The molecule has 9 heteroatoms. The Morgan fingerprint density at radius 3 is 2.61 bits per heavy atom. The summed E-state index contributed by atoms with van der Waals surface area (Å²) < 4.78 is 6.77. The van der Waals surface area contributed by atoms with Gasteiger partial charge in [-0.25, -0.2) is 5.01 Å². The largest absolute Gasteiger partial charge is 0.457 e. The van der Waals surface area contributed by atoms with Crippen LogP contribution in [0.15, 0.2) is 72.8 Å². The molecule has 2 heterocycles. The zero-order valence-electron chi connectivity index (χ0n) is 17.0. The maximum Gasteiger partial charge on any atom is 0.281 e. The summed E-state index contributed by atoms with van der Waals surface area (Å²) in [5, 5.41) is 2.55. The first-order chi connectivity index (χ1) is 16.0. The molecule has 1 atom stereocenters. The van der Waals surface area contributed by atoms with Gasteiger partial charge in [0.2, 0.25) is 0 Å². The van der Waals surface area contributed by atoms with Crippen molar-refractivity contribution in [3.8, 4) is 11.5 Å². The lowest BCUT2D eigenvalue weighted by molar-refractivity contribution is -0.130. The fraction of sp³-hybridized carbons (Fsp3) is 0.0833. The number of rotatable bonds is 5. The van der Waals surface area contributed by atoms with E-state index in [2.05, 4.69) is 5.43 Å². The molecular weight excluding hydrogens is 499 g/mol. The predicted octanol–water partition coefficient (Wildman–Crippen LogP) is 6.92. The number of fused-ring (bicyclic) bond motifs is 1. The molecule has 0 spiro atoms. The summed E-state index contributed by atoms with van der Waals surface area (Å²) in [6, 6.07) is 22.2. The summed E-state index contributed by atoms with van der Waals surface area (Å²) in [6.07, 6.45) is 0. The van der Waals surface area contributed by atoms with Crippen molar-refractivity contribution in [2.75, 3.05) is 5.75 Å². The topological polar surface area (TPSA) is 58.6 Å². The molecule has 1 unspecified atom stereocenters. The van der Waals surface area contributed by atoms with Crippen LogP contribution in [0.3, 0.4) is 0 Å². The van der Waals surface area contributed by atoms with Crippen LogP contribution in [0.2, 0.25) is 10.0 Å². The summed E-state index contributed by atoms with van der Waals surface area (Å²) in [5.74, 6) is 0.997. The number of thiophene rings is 1. The van der Waals surface area contributed by atoms with E-state index in [4.69, 9.17) is 27.9 Å². The fourth-order valence-corrected chi connectivity index (χ4v) is 6.14. The molecule has 1 N–H and O–H groups in total. The summed E-state index contributed by atoms with van der Waals surface area (Å²) in [5.41, 5.74) is 3.60. The molecule has 3 aromatic carbocycles. The molecule has 0 aliphatic carbocycles. The molecule has 1 aliphatic rings. The van der Waals surface area contributed by atoms with Crippen LogP contribution in [-0.4, -0.2) is 22.6 Å². The van der Waals surface area contributed by atoms with Gasteiger partial charge in [-0.1, -0.05) is 53.5 Å². The lowest BCUT2D eigenvalue weighted by atomic mass is 10.2. The molecule has 1 aliphatic heterocycles. The lowest BCUT2D eigenvalue weighted by Crippen LogP contribution is -2.44. The van der Waals surface area contributed by atoms with Crippen LogP contribution < -0.4 is 10.2 Å². The third-order valence-electron chi connectivity index (χ3n) is 5.01. The molecule has 2 amide bonds. The second-order valence-electron chi connectivity index (χ2n) is 7.24. The molecule has 1 saturated heterocycles. The molecule has 4 aromatic rings. The smallest absolute Gasteiger partial charge is 0.281 e. The van der Waals surface area contributed by atoms with E-state index in [1.54, 1.807) is 12.1 Å². The number of thioether (sulfide) groups is 1. The van der Waals surface area contributed by atoms with Crippen molar-refractivity contribution < 1.29 is 14.3 Å². The average Bonchev–Trinajstić information content (AvgIpc) is 3.34. The zero-order valence-corrected chi connectivity index (χ0v) is 20.1. The molecule has 0 radical (unpaired) electrons. The second kappa shape index (κ2) is 9.27. The van der Waals surface area contributed by atoms with Gasteiger partial charge in [0.05, 0.1) is 10.8 Å². The van der Waals surface area contributed by atoms with Gasteiger partial charge < -0.3 is 4.74 Å². The highest BCUT2D eigenvalue weighted by Crippen LogP contribution is 2.40. The van der Waals surface area contributed by atoms with Crippen LogP contribution in [0.4, 0.5) is 0 Å². The van der Waals surface area contributed by atoms with Crippen molar-refractivity contribution in [2.24, 2.45) is 0 Å². The third-order valence-corrected chi connectivity index (χ3v) is 8.13. The van der Waals surface area contributed by atoms with Crippen LogP contribution in [-0.2, 0) is 4.79 Å². The Morgan fingerprint density at radius 1 is 1.00 bits per heavy atom. The molecule has 0 saturated carbocycles. The second-order valence-corrected chi connectivity index (χ2v) is 10.2. The van der Waals surface area contributed by atoms with Crippen molar-refractivity contribution in [3.63, 3.8) is 0 Å². The van der Waals surface area contributed by atoms with E-state index in [9.17, 15) is 9.59 Å². The van der Waals surface area contributed by atoms with E-state index in [1.807, 2.05) is 60.7 Å². The van der Waals surface area contributed by atoms with E-state index < -0.39 is 5.91 Å². The number of hydrogen-bond acceptors (Lipinski definition) is 5. The normalized spacial score (nSPS) is 15.8. The van der Waals surface area contributed by atoms with Crippen LogP contribution in [0.1, 0.15) is 20.6 Å². The van der Waals surface area contributed by atoms with Gasteiger partial charge in [0, 0.05) is 15.1 Å². The quantitative estimate of drug-likeness (QED) is 0.314. The van der Waals surface area contributed by atoms with E-state index in [0.29, 0.717) is 26.1 Å². The zero-order chi connectivity index (χ0) is 22.9. The number of benzene rings is 3. The molecule has 5 nitrogen and oxygen atoms in total. The number of nitrogens with zero attached hydrogens (tertiary/aromatic N) is 1. The molecule has 5 rings (SSSR count). The number of carbonyl (C=O) groups is 2. The maximum absolute atomic E-state index is 13.1. The number of halogens is 2. The number of amides is 2. The third kappa shape index (κ3) is 4.54. The number of para-hydroxylation sites is 1. The number of carbonyl (C=O) groups excluding carboxylic acids is 2. The van der Waals surface area contributed by atoms with Gasteiger partial charge in [-0.2, -0.15) is 0 Å². The van der Waals surface area contributed by atoms with Crippen molar-refractivity contribution in [1.29, 1.82) is 0 Å². The first-order valence-electron chi connectivity index (χ1n) is 9.94. The van der Waals surface area contributed by atoms with Crippen LogP contribution in [0.5, 0.6) is 11.5 Å². The lowest BCUT2D eigenvalue weighted by Gasteiger charge is -2.24. The number of hydrogen-bond donors (Lipinski definition) is 1. The number of hydrazine groups is 1. The average molecular weight is 515 g/mol. The van der Waals surface area contributed by atoms with Crippen molar-refractivity contribution >= 4 is 68.2 Å². The number of ether oxygens (including phenoxy) is 1. The summed E-state index contributed by atoms with van der Waals surface area (Å²) in [7, 11) is 0. The van der Waals surface area contributed by atoms with E-state index in [-0.39, 0.29) is 17.0 Å². The Balaban J connectivity index is 1.38. The van der Waals surface area contributed by atoms with Crippen LogP contribution >= 0.6 is 46.3 Å². The summed E-state index contributed by atoms with van der Waals surface area (Å²) in [6.45, 7) is 0. The first-order valence-corrected chi connectivity index (χ1v) is 12.6. The number of nitrogens with one attached hydrogen (secondary N) is 1. The molecule has 166 valence electrons. The monoisotopic (exact) mass is 514 g/mol. The fourth-order valence-electron chi connectivity index (χ4n) is 3.49. The van der Waals surface area contributed by atoms with E-state index >= 15 is 0 Å². The Hall–Kier alpha value is -2.71. The van der Waals surface area contributed by atoms with Gasteiger partial charge in [-0.15, -0.1) is 23.1 Å². The van der Waals surface area contributed by atoms with E-state index in [1.165, 1.54) is 28.1 Å². The van der Waals surface area contributed by atoms with E-state index in [0.717, 1.165) is 16.0 Å². The Labute approximate surface area is 208 Å². The first kappa shape index (κ1) is 22.1. The van der Waals surface area contributed by atoms with Crippen molar-refractivity contribution in [3.05, 3.63) is 93.3 Å². The van der Waals surface area contributed by atoms with Gasteiger partial charge in [0.15, 0.2) is 0 Å². The predicted molar refractivity (Wildman–Crippen MR) is 134 cm³/mol. The summed E-state index contributed by atoms with van der Waals surface area (Å²) >= 11 is 15.2. The Kier molecular flexibility index (Phi) is 6.21. The maximum atomic E-state index is 13.1. The minimum absolute atomic E-state index is 0.187. The van der Waals surface area contributed by atoms with Gasteiger partial charge in [0.25, 0.3) is 11.8 Å². The highest BCUT2D eigenvalue weighted by atomic mass is 35.5. The highest BCUT2D eigenvalue weighted by Gasteiger charge is 2.35. The molecule has 1 aromatic heterocycles. The minimum Gasteiger partial charge on any atom is -0.457 e. The molecule has 33 heavy (non-hydrogen) atoms. The van der Waals surface area contributed by atoms with Gasteiger partial charge in [-0.3, -0.25) is 15.0 Å². The van der Waals surface area contributed by atoms with Gasteiger partial charge in [-0.05, 0) is 48.0 Å². The molecule has 1 fully saturated rings. The van der Waals surface area contributed by atoms with Gasteiger partial charge >= 0.3 is 0 Å². The summed E-state index contributed by atoms with van der Waals surface area (Å²) in [4.78, 5) is 26.0. The SMILES string of the molecule is O=C(NN1C(=O)CSC1c1cccc(Oc2ccccc2)c1)c1sc2ccc(Cl)cc2c1Cl. The Bertz CT molecular complexity index is 1360. The standard InChI is InChI=1S/C24H16Cl2N2O3S2/c25-15-9-10-19-18(12-15)21(26)22(33-19)23(30)27-28-20(29)13-32-24(28)14-5-4-8-17(11-14)31-16-6-2-1-3-7-16/h1-12,24H,13H2,(H,27,30). The van der Waals surface area contributed by atoms with Gasteiger partial charge in [0.1, 0.15) is 21.8 Å². The highest BCUT2D eigenvalue weighted by molar-refractivity contribution is 8.00. The van der Waals surface area contributed by atoms with Crippen molar-refractivity contribution in [2.45, 2.75) is 5.37 Å². The van der Waals surface area contributed by atoms with Crippen molar-refractivity contribution in [1.82, 2.24) is 10.4 Å². The van der Waals surface area contributed by atoms with Crippen LogP contribution in [0, 0.1) is 0 Å². The minimum atomic E-state index is -0.435. The molecular formula is C24H16Cl2N2O3S2.